The molecule has 0 unspecified atom stereocenters. The number of benzene rings is 1. The molecule has 1 N–H and O–H groups in total. The molecule has 0 bridgehead atoms. The second kappa shape index (κ2) is 6.34. The zero-order chi connectivity index (χ0) is 12.9. The molecular weight excluding hydrogens is 226 g/mol. The van der Waals surface area contributed by atoms with Gasteiger partial charge in [0.15, 0.2) is 0 Å². The van der Waals surface area contributed by atoms with Gasteiger partial charge in [-0.05, 0) is 28.4 Å². The standard InChI is InChI=1S/C15H25NS/c1-12(2)17-10-13-6-8-14(9-7-13)16-11-15(3,4)5/h6-9,12,16H,10-11H2,1-5H3. The smallest absolute Gasteiger partial charge is 0.0340 e. The number of hydrogen-bond acceptors (Lipinski definition) is 2. The maximum Gasteiger partial charge on any atom is 0.0340 e. The second-order valence-corrected chi connectivity index (χ2v) is 7.54. The van der Waals surface area contributed by atoms with Crippen molar-refractivity contribution >= 4 is 17.4 Å². The Labute approximate surface area is 110 Å². The van der Waals surface area contributed by atoms with E-state index in [1.807, 2.05) is 11.8 Å². The number of nitrogens with one attached hydrogen (secondary N) is 1. The first kappa shape index (κ1) is 14.4. The first-order chi connectivity index (χ1) is 7.87. The molecule has 96 valence electrons. The van der Waals surface area contributed by atoms with Crippen molar-refractivity contribution in [2.75, 3.05) is 11.9 Å². The topological polar surface area (TPSA) is 12.0 Å². The molecule has 17 heavy (non-hydrogen) atoms. The van der Waals surface area contributed by atoms with Gasteiger partial charge in [0.25, 0.3) is 0 Å². The Hall–Kier alpha value is -0.630. The molecule has 0 saturated carbocycles. The van der Waals surface area contributed by atoms with Gasteiger partial charge in [0.05, 0.1) is 0 Å². The van der Waals surface area contributed by atoms with Gasteiger partial charge in [-0.3, -0.25) is 0 Å². The minimum absolute atomic E-state index is 0.326. The summed E-state index contributed by atoms with van der Waals surface area (Å²) in [5, 5.41) is 4.17. The molecule has 0 radical (unpaired) electrons. The van der Waals surface area contributed by atoms with Gasteiger partial charge in [-0.2, -0.15) is 11.8 Å². The minimum Gasteiger partial charge on any atom is -0.385 e. The van der Waals surface area contributed by atoms with Gasteiger partial charge in [0.1, 0.15) is 0 Å². The summed E-state index contributed by atoms with van der Waals surface area (Å²) in [6.07, 6.45) is 0. The van der Waals surface area contributed by atoms with Crippen LogP contribution >= 0.6 is 11.8 Å². The monoisotopic (exact) mass is 251 g/mol. The van der Waals surface area contributed by atoms with E-state index in [-0.39, 0.29) is 0 Å². The van der Waals surface area contributed by atoms with Gasteiger partial charge in [0, 0.05) is 18.0 Å². The van der Waals surface area contributed by atoms with E-state index in [1.165, 1.54) is 11.3 Å². The second-order valence-electron chi connectivity index (χ2n) is 5.97. The summed E-state index contributed by atoms with van der Waals surface area (Å²) in [6, 6.07) is 8.81. The largest absolute Gasteiger partial charge is 0.385 e. The zero-order valence-corrected chi connectivity index (χ0v) is 12.5. The summed E-state index contributed by atoms with van der Waals surface area (Å²) in [5.41, 5.74) is 2.95. The molecule has 0 fully saturated rings. The van der Waals surface area contributed by atoms with Crippen molar-refractivity contribution < 1.29 is 0 Å². The predicted octanol–water partition coefficient (Wildman–Crippen LogP) is 4.79. The van der Waals surface area contributed by atoms with Crippen LogP contribution in [0.5, 0.6) is 0 Å². The summed E-state index contributed by atoms with van der Waals surface area (Å²) >= 11 is 1.99. The Bertz CT molecular complexity index is 322. The molecule has 0 saturated heterocycles. The minimum atomic E-state index is 0.326. The van der Waals surface area contributed by atoms with Crippen LogP contribution in [0.2, 0.25) is 0 Å². The van der Waals surface area contributed by atoms with E-state index in [0.717, 1.165) is 12.3 Å². The van der Waals surface area contributed by atoms with Crippen LogP contribution in [-0.4, -0.2) is 11.8 Å². The van der Waals surface area contributed by atoms with Gasteiger partial charge in [-0.1, -0.05) is 46.8 Å². The summed E-state index contributed by atoms with van der Waals surface area (Å²) in [7, 11) is 0. The number of hydrogen-bond donors (Lipinski definition) is 1. The molecule has 0 atom stereocenters. The van der Waals surface area contributed by atoms with Gasteiger partial charge in [-0.15, -0.1) is 0 Å². The van der Waals surface area contributed by atoms with E-state index in [9.17, 15) is 0 Å². The molecule has 0 spiro atoms. The van der Waals surface area contributed by atoms with Crippen LogP contribution in [0.1, 0.15) is 40.2 Å². The third-order valence-electron chi connectivity index (χ3n) is 2.36. The lowest BCUT2D eigenvalue weighted by Crippen LogP contribution is -2.18. The van der Waals surface area contributed by atoms with Crippen molar-refractivity contribution in [3.05, 3.63) is 29.8 Å². The summed E-state index contributed by atoms with van der Waals surface area (Å²) in [5.74, 6) is 1.11. The van der Waals surface area contributed by atoms with E-state index < -0.39 is 0 Å². The van der Waals surface area contributed by atoms with Crippen molar-refractivity contribution in [3.8, 4) is 0 Å². The fraction of sp³-hybridized carbons (Fsp3) is 0.600. The molecule has 0 aliphatic carbocycles. The van der Waals surface area contributed by atoms with E-state index in [1.54, 1.807) is 0 Å². The zero-order valence-electron chi connectivity index (χ0n) is 11.7. The molecule has 1 nitrogen and oxygen atoms in total. The highest BCUT2D eigenvalue weighted by molar-refractivity contribution is 7.99. The molecule has 0 heterocycles. The van der Waals surface area contributed by atoms with Gasteiger partial charge in [-0.25, -0.2) is 0 Å². The van der Waals surface area contributed by atoms with Gasteiger partial charge >= 0.3 is 0 Å². The van der Waals surface area contributed by atoms with Crippen LogP contribution < -0.4 is 5.32 Å². The molecule has 1 aromatic rings. The summed E-state index contributed by atoms with van der Waals surface area (Å²) in [4.78, 5) is 0. The van der Waals surface area contributed by atoms with Crippen molar-refractivity contribution in [1.82, 2.24) is 0 Å². The van der Waals surface area contributed by atoms with E-state index in [4.69, 9.17) is 0 Å². The maximum atomic E-state index is 3.47. The van der Waals surface area contributed by atoms with Crippen molar-refractivity contribution in [2.45, 2.75) is 45.6 Å². The SMILES string of the molecule is CC(C)SCc1ccc(NCC(C)(C)C)cc1. The van der Waals surface area contributed by atoms with Crippen LogP contribution in [0.3, 0.4) is 0 Å². The maximum absolute atomic E-state index is 3.47. The molecule has 1 rings (SSSR count). The van der Waals surface area contributed by atoms with Crippen molar-refractivity contribution in [3.63, 3.8) is 0 Å². The average Bonchev–Trinajstić information content (AvgIpc) is 2.24. The first-order valence-electron chi connectivity index (χ1n) is 6.31. The normalized spacial score (nSPS) is 11.9. The van der Waals surface area contributed by atoms with Crippen molar-refractivity contribution in [1.29, 1.82) is 0 Å². The lowest BCUT2D eigenvalue weighted by Gasteiger charge is -2.19. The molecule has 0 aromatic heterocycles. The molecule has 0 aliphatic heterocycles. The third-order valence-corrected chi connectivity index (χ3v) is 3.53. The van der Waals surface area contributed by atoms with Gasteiger partial charge < -0.3 is 5.32 Å². The lowest BCUT2D eigenvalue weighted by atomic mass is 9.97. The van der Waals surface area contributed by atoms with Crippen LogP contribution in [0, 0.1) is 5.41 Å². The Balaban J connectivity index is 2.45. The molecule has 2 heteroatoms. The fourth-order valence-electron chi connectivity index (χ4n) is 1.35. The summed E-state index contributed by atoms with van der Waals surface area (Å²) < 4.78 is 0. The van der Waals surface area contributed by atoms with E-state index in [2.05, 4.69) is 64.2 Å². The van der Waals surface area contributed by atoms with E-state index in [0.29, 0.717) is 10.7 Å². The van der Waals surface area contributed by atoms with Crippen LogP contribution in [-0.2, 0) is 5.75 Å². The Morgan fingerprint density at radius 1 is 1.12 bits per heavy atom. The van der Waals surface area contributed by atoms with Crippen LogP contribution in [0.15, 0.2) is 24.3 Å². The first-order valence-corrected chi connectivity index (χ1v) is 7.36. The highest BCUT2D eigenvalue weighted by Gasteiger charge is 2.09. The fourth-order valence-corrected chi connectivity index (χ4v) is 2.07. The predicted molar refractivity (Wildman–Crippen MR) is 80.8 cm³/mol. The Kier molecular flexibility index (Phi) is 5.38. The van der Waals surface area contributed by atoms with Crippen LogP contribution in [0.25, 0.3) is 0 Å². The average molecular weight is 251 g/mol. The Morgan fingerprint density at radius 2 is 1.71 bits per heavy atom. The molecular formula is C15H25NS. The Morgan fingerprint density at radius 3 is 2.18 bits per heavy atom. The number of rotatable bonds is 5. The third kappa shape index (κ3) is 6.62. The van der Waals surface area contributed by atoms with Gasteiger partial charge in [0.2, 0.25) is 0 Å². The van der Waals surface area contributed by atoms with Crippen molar-refractivity contribution in [2.24, 2.45) is 5.41 Å². The number of anilines is 1. The summed E-state index contributed by atoms with van der Waals surface area (Å²) in [6.45, 7) is 12.2. The number of thioether (sulfide) groups is 1. The van der Waals surface area contributed by atoms with Crippen LogP contribution in [0.4, 0.5) is 5.69 Å². The molecule has 1 aromatic carbocycles. The molecule has 0 amide bonds. The quantitative estimate of drug-likeness (QED) is 0.807. The molecule has 0 aliphatic rings. The highest BCUT2D eigenvalue weighted by atomic mass is 32.2. The highest BCUT2D eigenvalue weighted by Crippen LogP contribution is 2.20. The van der Waals surface area contributed by atoms with E-state index >= 15 is 0 Å². The lowest BCUT2D eigenvalue weighted by molar-refractivity contribution is 0.443.